The molecule has 0 spiro atoms. The quantitative estimate of drug-likeness (QED) is 0.0818. The monoisotopic (exact) mass is 613 g/mol. The number of aliphatic hydroxyl groups is 2. The molecule has 2 aromatic rings. The number of esters is 2. The summed E-state index contributed by atoms with van der Waals surface area (Å²) in [6.45, 7) is 7.10. The van der Waals surface area contributed by atoms with Crippen molar-refractivity contribution in [3.8, 4) is 0 Å². The number of nitrogens with one attached hydrogen (secondary N) is 2. The topological polar surface area (TPSA) is 233 Å². The third-order valence-corrected chi connectivity index (χ3v) is 8.89. The number of hydrogen-bond donors (Lipinski definition) is 5. The number of aliphatic hydroxyl groups excluding tert-OH is 2. The molecule has 42 heavy (non-hydrogen) atoms. The lowest BCUT2D eigenvalue weighted by Gasteiger charge is -2.22. The van der Waals surface area contributed by atoms with Gasteiger partial charge in [0.15, 0.2) is 17.4 Å². The van der Waals surface area contributed by atoms with Gasteiger partial charge in [0.25, 0.3) is 13.0 Å². The first-order chi connectivity index (χ1) is 19.9. The summed E-state index contributed by atoms with van der Waals surface area (Å²) in [6.07, 6.45) is -1.30. The lowest BCUT2D eigenvalue weighted by atomic mass is 10.1. The average Bonchev–Trinajstić information content (AvgIpc) is 3.48. The third kappa shape index (κ3) is 8.22. The van der Waals surface area contributed by atoms with Crippen LogP contribution in [0.4, 0.5) is 5.95 Å². The van der Waals surface area contributed by atoms with Crippen molar-refractivity contribution in [2.45, 2.75) is 90.4 Å². The molecule has 0 saturated carbocycles. The van der Waals surface area contributed by atoms with Gasteiger partial charge in [-0.15, -0.1) is 0 Å². The fraction of sp³-hybridized carbons (Fsp3) is 0.680. The van der Waals surface area contributed by atoms with Crippen LogP contribution in [-0.2, 0) is 28.4 Å². The number of aromatic amines is 1. The number of nitrogen functional groups attached to an aromatic ring is 1. The van der Waals surface area contributed by atoms with Gasteiger partial charge in [0.05, 0.1) is 25.6 Å². The van der Waals surface area contributed by atoms with E-state index in [1.165, 1.54) is 24.7 Å². The van der Waals surface area contributed by atoms with Crippen LogP contribution in [0.2, 0.25) is 0 Å². The zero-order valence-electron chi connectivity index (χ0n) is 24.2. The number of unbranched alkanes of at least 4 members (excludes halogenated alkanes) is 2. The van der Waals surface area contributed by atoms with Crippen LogP contribution < -0.4 is 16.4 Å². The number of ether oxygens (including phenoxy) is 3. The summed E-state index contributed by atoms with van der Waals surface area (Å²) in [7, 11) is -3.88. The summed E-state index contributed by atoms with van der Waals surface area (Å²) in [6, 6.07) is -1.03. The molecule has 0 amide bonds. The average molecular weight is 614 g/mol. The van der Waals surface area contributed by atoms with Crippen LogP contribution in [0.5, 0.6) is 0 Å². The van der Waals surface area contributed by atoms with Crippen molar-refractivity contribution < 1.29 is 38.6 Å². The zero-order valence-corrected chi connectivity index (χ0v) is 25.1. The number of carbonyl (C=O) groups excluding carboxylic acids is 2. The molecule has 1 saturated heterocycles. The molecule has 16 nitrogen and oxygen atoms in total. The van der Waals surface area contributed by atoms with E-state index in [1.54, 1.807) is 0 Å². The highest BCUT2D eigenvalue weighted by atomic mass is 31.2. The number of carbonyl (C=O) groups is 2. The normalized spacial score (nSPS) is 23.0. The Balaban J connectivity index is 1.79. The molecule has 1 fully saturated rings. The highest BCUT2D eigenvalue weighted by molar-refractivity contribution is 7.60. The summed E-state index contributed by atoms with van der Waals surface area (Å²) in [4.78, 5) is 47.4. The summed E-state index contributed by atoms with van der Waals surface area (Å²) in [5.74, 6) is -1.55. The Kier molecular flexibility index (Phi) is 11.8. The molecule has 1 aliphatic rings. The van der Waals surface area contributed by atoms with Crippen molar-refractivity contribution in [1.29, 1.82) is 0 Å². The van der Waals surface area contributed by atoms with Crippen molar-refractivity contribution in [2.75, 3.05) is 25.1 Å². The number of nitrogens with zero attached hydrogens (tertiary/aromatic N) is 4. The zero-order chi connectivity index (χ0) is 31.0. The van der Waals surface area contributed by atoms with Crippen LogP contribution in [-0.4, -0.2) is 91.1 Å². The number of rotatable bonds is 15. The SMILES string of the molecule is CCCCOC(=O)C(C)=NP(=O)(CC[C@H]1O[C@@H](n2cnc3c(=O)[nH]c(N)nc32)[C@H](O)[C@@H]1O)N[C@@H](C)C(=O)OCCCC. The second kappa shape index (κ2) is 14.8. The van der Waals surface area contributed by atoms with Crippen LogP contribution in [0.1, 0.15) is 66.0 Å². The Bertz CT molecular complexity index is 1380. The van der Waals surface area contributed by atoms with Crippen LogP contribution in [0.3, 0.4) is 0 Å². The van der Waals surface area contributed by atoms with Gasteiger partial charge in [-0.3, -0.25) is 23.7 Å². The molecular formula is C25H40N7O9P. The van der Waals surface area contributed by atoms with Gasteiger partial charge in [-0.25, -0.2) is 19.6 Å². The minimum atomic E-state index is -3.88. The number of anilines is 1. The van der Waals surface area contributed by atoms with Gasteiger partial charge < -0.3 is 30.2 Å². The molecule has 0 bridgehead atoms. The van der Waals surface area contributed by atoms with E-state index in [1.807, 2.05) is 13.8 Å². The Morgan fingerprint density at radius 3 is 2.57 bits per heavy atom. The number of imidazole rings is 1. The second-order valence-electron chi connectivity index (χ2n) is 10.1. The van der Waals surface area contributed by atoms with Gasteiger partial charge >= 0.3 is 11.9 Å². The maximum atomic E-state index is 14.0. The molecule has 6 N–H and O–H groups in total. The number of aromatic nitrogens is 4. The molecule has 6 atom stereocenters. The Morgan fingerprint density at radius 1 is 1.24 bits per heavy atom. The van der Waals surface area contributed by atoms with Crippen molar-refractivity contribution in [3.63, 3.8) is 0 Å². The van der Waals surface area contributed by atoms with E-state index in [-0.39, 0.29) is 48.6 Å². The first kappa shape index (κ1) is 33.3. The predicted octanol–water partition coefficient (Wildman–Crippen LogP) is 1.03. The Morgan fingerprint density at radius 2 is 1.90 bits per heavy atom. The Labute approximate surface area is 242 Å². The number of hydrogen-bond acceptors (Lipinski definition) is 12. The fourth-order valence-electron chi connectivity index (χ4n) is 4.27. The van der Waals surface area contributed by atoms with Crippen molar-refractivity contribution >= 4 is 42.2 Å². The summed E-state index contributed by atoms with van der Waals surface area (Å²) < 4.78 is 35.7. The van der Waals surface area contributed by atoms with E-state index in [0.717, 1.165) is 12.8 Å². The van der Waals surface area contributed by atoms with Crippen LogP contribution in [0, 0.1) is 0 Å². The van der Waals surface area contributed by atoms with Crippen LogP contribution in [0.25, 0.3) is 11.2 Å². The van der Waals surface area contributed by atoms with Crippen molar-refractivity contribution in [3.05, 3.63) is 16.7 Å². The van der Waals surface area contributed by atoms with Gasteiger partial charge in [0.2, 0.25) is 5.95 Å². The maximum Gasteiger partial charge on any atom is 0.352 e. The number of fused-ring (bicyclic) bond motifs is 1. The molecule has 0 aliphatic carbocycles. The molecule has 0 radical (unpaired) electrons. The molecule has 17 heteroatoms. The highest BCUT2D eigenvalue weighted by Crippen LogP contribution is 2.46. The minimum absolute atomic E-state index is 0.0395. The molecule has 234 valence electrons. The minimum Gasteiger partial charge on any atom is -0.465 e. The third-order valence-electron chi connectivity index (χ3n) is 6.61. The lowest BCUT2D eigenvalue weighted by Crippen LogP contribution is -2.35. The molecule has 0 aromatic carbocycles. The van der Waals surface area contributed by atoms with E-state index >= 15 is 0 Å². The number of H-pyrrole nitrogens is 1. The first-order valence-electron chi connectivity index (χ1n) is 13.9. The van der Waals surface area contributed by atoms with Crippen LogP contribution in [0.15, 0.2) is 15.9 Å². The van der Waals surface area contributed by atoms with Gasteiger partial charge in [0, 0.05) is 6.16 Å². The van der Waals surface area contributed by atoms with Crippen molar-refractivity contribution in [2.24, 2.45) is 4.76 Å². The molecule has 1 aliphatic heterocycles. The van der Waals surface area contributed by atoms with Gasteiger partial charge in [-0.2, -0.15) is 4.98 Å². The summed E-state index contributed by atoms with van der Waals surface area (Å²) >= 11 is 0. The maximum absolute atomic E-state index is 14.0. The molecule has 1 unspecified atom stereocenters. The summed E-state index contributed by atoms with van der Waals surface area (Å²) in [5, 5.41) is 24.2. The second-order valence-corrected chi connectivity index (χ2v) is 12.4. The lowest BCUT2D eigenvalue weighted by molar-refractivity contribution is -0.145. The van der Waals surface area contributed by atoms with Gasteiger partial charge in [-0.05, 0) is 33.1 Å². The molecule has 3 heterocycles. The van der Waals surface area contributed by atoms with E-state index in [2.05, 4.69) is 24.8 Å². The van der Waals surface area contributed by atoms with Crippen molar-refractivity contribution in [1.82, 2.24) is 24.6 Å². The fourth-order valence-corrected chi connectivity index (χ4v) is 6.43. The predicted molar refractivity (Wildman–Crippen MR) is 153 cm³/mol. The van der Waals surface area contributed by atoms with Crippen LogP contribution >= 0.6 is 7.44 Å². The Hall–Kier alpha value is -3.17. The van der Waals surface area contributed by atoms with Gasteiger partial charge in [-0.1, -0.05) is 26.7 Å². The molecule has 3 rings (SSSR count). The smallest absolute Gasteiger partial charge is 0.352 e. The van der Waals surface area contributed by atoms with E-state index in [4.69, 9.17) is 19.9 Å². The molecular weight excluding hydrogens is 573 g/mol. The largest absolute Gasteiger partial charge is 0.465 e. The standard InChI is InChI=1S/C25H40N7O9P/c1-5-7-10-39-23(36)14(3)30-42(38,31-15(4)24(37)40-11-8-6-2)12-9-16-18(33)19(34)22(41-16)32-13-27-17-20(32)28-25(26)29-21(17)35/h13-14,16,18-19,22,33-34H,5-12H2,1-4H3,(H,30,38)(H3,26,28,29,35)/t14-,16+,18+,19+,22+,42?/m0/s1. The first-order valence-corrected chi connectivity index (χ1v) is 15.8. The summed E-state index contributed by atoms with van der Waals surface area (Å²) in [5.41, 5.74) is 4.91. The van der Waals surface area contributed by atoms with Gasteiger partial charge in [0.1, 0.15) is 24.0 Å². The van der Waals surface area contributed by atoms with E-state index < -0.39 is 55.5 Å². The van der Waals surface area contributed by atoms with E-state index in [0.29, 0.717) is 12.8 Å². The highest BCUT2D eigenvalue weighted by Gasteiger charge is 2.45. The van der Waals surface area contributed by atoms with E-state index in [9.17, 15) is 29.2 Å². The number of nitrogens with two attached hydrogens (primary N) is 1. The molecule has 2 aromatic heterocycles.